The number of carbonyl (C=O) groups is 13. The average Bonchev–Trinajstić information content (AvgIpc) is 0.794. The van der Waals surface area contributed by atoms with Crippen LogP contribution in [0, 0.1) is 5.92 Å². The van der Waals surface area contributed by atoms with Gasteiger partial charge in [-0.1, -0.05) is 38.1 Å². The normalized spacial score (nSPS) is 21.2. The Labute approximate surface area is 573 Å². The van der Waals surface area contributed by atoms with Crippen molar-refractivity contribution in [3.63, 3.8) is 0 Å². The van der Waals surface area contributed by atoms with Gasteiger partial charge in [-0.2, -0.15) is 0 Å². The van der Waals surface area contributed by atoms with E-state index in [1.165, 1.54) is 39.5 Å². The monoisotopic (exact) mass is 1420 g/mol. The summed E-state index contributed by atoms with van der Waals surface area (Å²) in [5, 5.41) is 13.5. The van der Waals surface area contributed by atoms with Crippen LogP contribution in [0.4, 0.5) is 0 Å². The van der Waals surface area contributed by atoms with E-state index >= 15 is 0 Å². The van der Waals surface area contributed by atoms with Crippen molar-refractivity contribution in [2.24, 2.45) is 11.7 Å². The summed E-state index contributed by atoms with van der Waals surface area (Å²) < 4.78 is 89.5. The molecule has 2 heterocycles. The lowest BCUT2D eigenvalue weighted by Crippen LogP contribution is -2.66. The summed E-state index contributed by atoms with van der Waals surface area (Å²) in [7, 11) is 0. The van der Waals surface area contributed by atoms with Gasteiger partial charge in [0.05, 0.1) is 91.1 Å². The van der Waals surface area contributed by atoms with E-state index in [-0.39, 0.29) is 105 Å². The third-order valence-electron chi connectivity index (χ3n) is 14.0. The van der Waals surface area contributed by atoms with Crippen LogP contribution in [0.5, 0.6) is 0 Å². The molecule has 0 aromatic heterocycles. The Balaban J connectivity index is 1.79. The molecule has 36 heteroatoms. The van der Waals surface area contributed by atoms with E-state index in [0.717, 1.165) is 40.2 Å². The van der Waals surface area contributed by atoms with Crippen LogP contribution in [-0.4, -0.2) is 268 Å². The molecule has 1 aromatic rings. The van der Waals surface area contributed by atoms with Crippen LogP contribution >= 0.6 is 0 Å². The predicted molar refractivity (Wildman–Crippen MR) is 337 cm³/mol. The van der Waals surface area contributed by atoms with Crippen LogP contribution in [0.15, 0.2) is 24.3 Å². The molecular weight excluding hydrogens is 1320 g/mol. The first kappa shape index (κ1) is 85.2. The van der Waals surface area contributed by atoms with Crippen molar-refractivity contribution in [3.8, 4) is 0 Å². The number of hydrogen-bond acceptors (Lipinski definition) is 31. The van der Waals surface area contributed by atoms with Crippen molar-refractivity contribution in [1.29, 1.82) is 0 Å². The van der Waals surface area contributed by atoms with Gasteiger partial charge in [0.15, 0.2) is 37.0 Å². The second-order valence-corrected chi connectivity index (χ2v) is 22.5. The van der Waals surface area contributed by atoms with Crippen molar-refractivity contribution < 1.29 is 138 Å². The summed E-state index contributed by atoms with van der Waals surface area (Å²) in [5.41, 5.74) is 7.30. The largest absolute Gasteiger partial charge is 0.465 e. The molecular formula is C63H97N7O29. The summed E-state index contributed by atoms with van der Waals surface area (Å²) in [4.78, 5) is 165. The molecule has 5 amide bonds. The number of nitrogens with one attached hydrogen (secondary N) is 5. The van der Waals surface area contributed by atoms with Crippen LogP contribution < -0.4 is 32.3 Å². The van der Waals surface area contributed by atoms with Crippen molar-refractivity contribution >= 4 is 77.3 Å². The van der Waals surface area contributed by atoms with E-state index in [1.54, 1.807) is 31.2 Å². The molecule has 2 saturated heterocycles. The zero-order chi connectivity index (χ0) is 73.6. The molecule has 2 fully saturated rings. The minimum absolute atomic E-state index is 0.00519. The Morgan fingerprint density at radius 1 is 0.505 bits per heavy atom. The molecule has 13 atom stereocenters. The van der Waals surface area contributed by atoms with Gasteiger partial charge in [-0.05, 0) is 17.5 Å². The van der Waals surface area contributed by atoms with Crippen molar-refractivity contribution in [1.82, 2.24) is 31.5 Å². The van der Waals surface area contributed by atoms with Gasteiger partial charge in [-0.15, -0.1) is 0 Å². The topological polar surface area (TPSA) is 459 Å². The van der Waals surface area contributed by atoms with Gasteiger partial charge in [0.2, 0.25) is 35.8 Å². The summed E-state index contributed by atoms with van der Waals surface area (Å²) >= 11 is 0. The Morgan fingerprint density at radius 2 is 0.929 bits per heavy atom. The van der Waals surface area contributed by atoms with Crippen molar-refractivity contribution in [2.45, 2.75) is 169 Å². The van der Waals surface area contributed by atoms with Crippen LogP contribution in [-0.2, 0) is 151 Å². The van der Waals surface area contributed by atoms with Gasteiger partial charge in [-0.25, -0.2) is 0 Å². The van der Waals surface area contributed by atoms with Gasteiger partial charge >= 0.3 is 47.8 Å². The Hall–Kier alpha value is -8.07. The third-order valence-corrected chi connectivity index (χ3v) is 14.0. The number of ether oxygens (including phenoxy) is 16. The highest BCUT2D eigenvalue weighted by Gasteiger charge is 2.53. The maximum absolute atomic E-state index is 14.5. The molecule has 2 aliphatic heterocycles. The lowest BCUT2D eigenvalue weighted by molar-refractivity contribution is -0.279. The number of nitrogens with zero attached hydrogens (tertiary/aromatic N) is 1. The standard InChI is InChI=1S/C63H97N7O29/c1-12-53(82)99-57-50(35-92-41(7)75)98-63(55(69-38(4)72)59(57)95-44(10)78)89-27-24-85-21-18-66-52(81)32-70(31-51(80)65-17-20-84-23-26-87-61(96-45(11)79)36(2)33-90-39(5)73)48(29-46-13-15-47(30-64)16-14-46)60(83)67-19-22-86-25-28-88-62-54(68-37(3)71)58(94-43(9)77)56(93-42(8)76)49(97-62)34-91-40(6)74/h13-16,36,48-50,54-59,61-63H,12,17-35,64H2,1-11H3,(H,65,80)(H,66,81)(H,67,83)(H,68,71)(H,69,72). The summed E-state index contributed by atoms with van der Waals surface area (Å²) in [6, 6.07) is 3.35. The van der Waals surface area contributed by atoms with E-state index in [2.05, 4.69) is 26.6 Å². The zero-order valence-electron chi connectivity index (χ0n) is 57.8. The maximum Gasteiger partial charge on any atom is 0.306 e. The number of amides is 5. The van der Waals surface area contributed by atoms with Gasteiger partial charge in [0.25, 0.3) is 0 Å². The van der Waals surface area contributed by atoms with Gasteiger partial charge in [0.1, 0.15) is 37.5 Å². The van der Waals surface area contributed by atoms with Crippen LogP contribution in [0.25, 0.3) is 0 Å². The van der Waals surface area contributed by atoms with Crippen LogP contribution in [0.2, 0.25) is 0 Å². The van der Waals surface area contributed by atoms with Crippen LogP contribution in [0.1, 0.15) is 93.7 Å². The van der Waals surface area contributed by atoms with Gasteiger partial charge in [0, 0.05) is 94.9 Å². The summed E-state index contributed by atoms with van der Waals surface area (Å²) in [6.07, 6.45) is -11.7. The Kier molecular flexibility index (Phi) is 39.8. The van der Waals surface area contributed by atoms with Gasteiger partial charge < -0.3 is 108 Å². The van der Waals surface area contributed by atoms with E-state index in [1.807, 2.05) is 0 Å². The number of benzene rings is 1. The molecule has 1 aromatic carbocycles. The third kappa shape index (κ3) is 34.0. The van der Waals surface area contributed by atoms with E-state index < -0.39 is 183 Å². The predicted octanol–water partition coefficient (Wildman–Crippen LogP) is -2.40. The van der Waals surface area contributed by atoms with Crippen molar-refractivity contribution in [2.75, 3.05) is 112 Å². The number of carbonyl (C=O) groups excluding carboxylic acids is 13. The summed E-state index contributed by atoms with van der Waals surface area (Å²) in [6.45, 7) is 10.6. The van der Waals surface area contributed by atoms with Crippen LogP contribution in [0.3, 0.4) is 0 Å². The quantitative estimate of drug-likeness (QED) is 0.0172. The Bertz CT molecular complexity index is 2780. The fourth-order valence-corrected chi connectivity index (χ4v) is 9.76. The molecule has 2 aliphatic rings. The molecule has 0 saturated carbocycles. The molecule has 0 spiro atoms. The molecule has 558 valence electrons. The first-order valence-corrected chi connectivity index (χ1v) is 32.1. The molecule has 13 unspecified atom stereocenters. The van der Waals surface area contributed by atoms with Gasteiger partial charge in [-0.3, -0.25) is 67.2 Å². The Morgan fingerprint density at radius 3 is 1.34 bits per heavy atom. The second-order valence-electron chi connectivity index (χ2n) is 22.5. The molecule has 0 aliphatic carbocycles. The highest BCUT2D eigenvalue weighted by molar-refractivity contribution is 5.86. The molecule has 36 nitrogen and oxygen atoms in total. The first-order valence-electron chi connectivity index (χ1n) is 32.1. The smallest absolute Gasteiger partial charge is 0.306 e. The van der Waals surface area contributed by atoms with E-state index in [9.17, 15) is 62.3 Å². The first-order chi connectivity index (χ1) is 47.0. The number of rotatable bonds is 45. The molecule has 7 N–H and O–H groups in total. The molecule has 0 bridgehead atoms. The average molecular weight is 1420 g/mol. The minimum Gasteiger partial charge on any atom is -0.465 e. The van der Waals surface area contributed by atoms with E-state index in [0.29, 0.717) is 5.56 Å². The lowest BCUT2D eigenvalue weighted by Gasteiger charge is -2.45. The molecule has 99 heavy (non-hydrogen) atoms. The molecule has 3 rings (SSSR count). The highest BCUT2D eigenvalue weighted by atomic mass is 16.7. The fourth-order valence-electron chi connectivity index (χ4n) is 9.76. The number of nitrogens with two attached hydrogens (primary N) is 1. The maximum atomic E-state index is 14.5. The highest BCUT2D eigenvalue weighted by Crippen LogP contribution is 2.30. The SMILES string of the molecule is CCC(=O)OC1C(COC(C)=O)OC(OCCOCCNC(=O)CN(CC(=O)NCCOCCOC(OC(C)=O)C(C)COC(C)=O)C(Cc2ccc(CN)cc2)C(=O)NCCOCCOC2OC(COC(C)=O)C(OC(C)=O)C(OC(C)=O)C2NC(C)=O)C(NC(C)=O)C1OC(C)=O. The number of hydrogen-bond donors (Lipinski definition) is 6. The fraction of sp³-hybridized carbons (Fsp3) is 0.698. The lowest BCUT2D eigenvalue weighted by atomic mass is 9.96. The summed E-state index contributed by atoms with van der Waals surface area (Å²) in [5.74, 6) is -9.17. The second kappa shape index (κ2) is 46.3. The van der Waals surface area contributed by atoms with Crippen molar-refractivity contribution in [3.05, 3.63) is 35.4 Å². The number of esters is 8. The zero-order valence-corrected chi connectivity index (χ0v) is 57.8. The molecule has 0 radical (unpaired) electrons. The minimum atomic E-state index is -1.37. The van der Waals surface area contributed by atoms with E-state index in [4.69, 9.17) is 81.5 Å².